The van der Waals surface area contributed by atoms with Crippen LogP contribution in [0.3, 0.4) is 0 Å². The quantitative estimate of drug-likeness (QED) is 0.754. The number of amides is 1. The molecule has 1 aliphatic heterocycles. The van der Waals surface area contributed by atoms with Gasteiger partial charge in [0.2, 0.25) is 5.91 Å². The van der Waals surface area contributed by atoms with Crippen molar-refractivity contribution in [3.63, 3.8) is 0 Å². The Morgan fingerprint density at radius 2 is 1.76 bits per heavy atom. The molecule has 0 bridgehead atoms. The van der Waals surface area contributed by atoms with Gasteiger partial charge in [0, 0.05) is 46.5 Å². The van der Waals surface area contributed by atoms with Gasteiger partial charge in [-0.25, -0.2) is 4.79 Å². The van der Waals surface area contributed by atoms with Crippen molar-refractivity contribution in [1.29, 1.82) is 0 Å². The minimum Gasteiger partial charge on any atom is -0.339 e. The van der Waals surface area contributed by atoms with Gasteiger partial charge in [-0.15, -0.1) is 0 Å². The van der Waals surface area contributed by atoms with Crippen LogP contribution in [0.5, 0.6) is 0 Å². The zero-order valence-corrected chi connectivity index (χ0v) is 15.1. The average molecular weight is 347 g/mol. The molecule has 1 amide bonds. The van der Waals surface area contributed by atoms with Crippen LogP contribution >= 0.6 is 0 Å². The Hall–Kier alpha value is -2.35. The molecule has 3 rings (SSSR count). The molecule has 0 spiro atoms. The first-order valence-electron chi connectivity index (χ1n) is 8.69. The van der Waals surface area contributed by atoms with Crippen LogP contribution in [0, 0.1) is 0 Å². The molecular formula is C17H25N5O3. The first kappa shape index (κ1) is 17.5. The first-order chi connectivity index (χ1) is 11.9. The van der Waals surface area contributed by atoms with Crippen LogP contribution in [0.4, 0.5) is 0 Å². The van der Waals surface area contributed by atoms with Crippen LogP contribution in [0.1, 0.15) is 13.3 Å². The van der Waals surface area contributed by atoms with E-state index in [1.165, 1.54) is 11.6 Å². The van der Waals surface area contributed by atoms with Gasteiger partial charge >= 0.3 is 5.69 Å². The Kier molecular flexibility index (Phi) is 4.80. The third-order valence-electron chi connectivity index (χ3n) is 4.93. The summed E-state index contributed by atoms with van der Waals surface area (Å²) in [5.41, 5.74) is -0.235. The molecule has 1 saturated heterocycles. The third kappa shape index (κ3) is 3.13. The van der Waals surface area contributed by atoms with Crippen LogP contribution in [0.15, 0.2) is 21.9 Å². The maximum absolute atomic E-state index is 12.6. The molecule has 8 nitrogen and oxygen atoms in total. The zero-order chi connectivity index (χ0) is 18.1. The van der Waals surface area contributed by atoms with Crippen LogP contribution in [-0.4, -0.2) is 62.1 Å². The molecule has 1 fully saturated rings. The summed E-state index contributed by atoms with van der Waals surface area (Å²) in [6.45, 7) is 6.59. The van der Waals surface area contributed by atoms with Crippen molar-refractivity contribution in [3.8, 4) is 0 Å². The van der Waals surface area contributed by atoms with Crippen molar-refractivity contribution in [2.45, 2.75) is 19.9 Å². The van der Waals surface area contributed by atoms with E-state index in [-0.39, 0.29) is 18.0 Å². The van der Waals surface area contributed by atoms with Crippen LogP contribution < -0.4 is 11.2 Å². The van der Waals surface area contributed by atoms with E-state index in [1.807, 2.05) is 4.90 Å². The summed E-state index contributed by atoms with van der Waals surface area (Å²) in [5.74, 6) is 0.0155. The standard InChI is InChI=1S/C17H25N5O3/c1-4-6-20-8-10-21(11-9-20)14(23)12-22-7-5-13-15(22)18(2)17(25)19(3)16(13)24/h5,7H,4,6,8-12H2,1-3H3. The second kappa shape index (κ2) is 6.87. The van der Waals surface area contributed by atoms with E-state index in [9.17, 15) is 14.4 Å². The number of aryl methyl sites for hydroxylation is 1. The Morgan fingerprint density at radius 1 is 1.08 bits per heavy atom. The molecule has 0 aliphatic carbocycles. The first-order valence-corrected chi connectivity index (χ1v) is 8.69. The van der Waals surface area contributed by atoms with Gasteiger partial charge in [0.05, 0.1) is 5.39 Å². The van der Waals surface area contributed by atoms with E-state index in [2.05, 4.69) is 11.8 Å². The van der Waals surface area contributed by atoms with Gasteiger partial charge in [0.15, 0.2) is 0 Å². The predicted molar refractivity (Wildman–Crippen MR) is 95.7 cm³/mol. The molecule has 0 N–H and O–H groups in total. The topological polar surface area (TPSA) is 72.5 Å². The van der Waals surface area contributed by atoms with Crippen LogP contribution in [0.25, 0.3) is 11.0 Å². The normalized spacial score (nSPS) is 15.9. The highest BCUT2D eigenvalue weighted by atomic mass is 16.2. The fourth-order valence-corrected chi connectivity index (χ4v) is 3.50. The number of rotatable bonds is 4. The third-order valence-corrected chi connectivity index (χ3v) is 4.93. The van der Waals surface area contributed by atoms with Gasteiger partial charge < -0.3 is 9.47 Å². The summed E-state index contributed by atoms with van der Waals surface area (Å²) in [7, 11) is 3.08. The SMILES string of the molecule is CCCN1CCN(C(=O)Cn2ccc3c(=O)n(C)c(=O)n(C)c32)CC1. The smallest absolute Gasteiger partial charge is 0.332 e. The number of carbonyl (C=O) groups excluding carboxylic acids is 1. The number of fused-ring (bicyclic) bond motifs is 1. The molecule has 0 saturated carbocycles. The predicted octanol–water partition coefficient (Wildman–Crippen LogP) is -0.407. The molecule has 3 heterocycles. The maximum atomic E-state index is 12.6. The van der Waals surface area contributed by atoms with E-state index in [4.69, 9.17) is 0 Å². The summed E-state index contributed by atoms with van der Waals surface area (Å²) in [5, 5.41) is 0.449. The number of carbonyl (C=O) groups is 1. The van der Waals surface area contributed by atoms with Gasteiger partial charge in [0.1, 0.15) is 12.2 Å². The number of hydrogen-bond acceptors (Lipinski definition) is 4. The molecule has 0 aromatic carbocycles. The summed E-state index contributed by atoms with van der Waals surface area (Å²) in [6.07, 6.45) is 2.82. The van der Waals surface area contributed by atoms with Gasteiger partial charge in [-0.2, -0.15) is 0 Å². The number of nitrogens with zero attached hydrogens (tertiary/aromatic N) is 5. The van der Waals surface area contributed by atoms with Gasteiger partial charge in [-0.1, -0.05) is 6.92 Å². The van der Waals surface area contributed by atoms with E-state index in [0.29, 0.717) is 11.0 Å². The molecule has 8 heteroatoms. The van der Waals surface area contributed by atoms with E-state index in [0.717, 1.165) is 43.7 Å². The number of hydrogen-bond donors (Lipinski definition) is 0. The van der Waals surface area contributed by atoms with Crippen molar-refractivity contribution >= 4 is 16.9 Å². The minimum absolute atomic E-state index is 0.0155. The van der Waals surface area contributed by atoms with Crippen molar-refractivity contribution in [2.75, 3.05) is 32.7 Å². The lowest BCUT2D eigenvalue weighted by atomic mass is 10.3. The van der Waals surface area contributed by atoms with E-state index < -0.39 is 5.69 Å². The molecular weight excluding hydrogens is 322 g/mol. The van der Waals surface area contributed by atoms with Crippen molar-refractivity contribution in [2.24, 2.45) is 14.1 Å². The van der Waals surface area contributed by atoms with E-state index in [1.54, 1.807) is 23.9 Å². The molecule has 1 aliphatic rings. The number of piperazine rings is 1. The highest BCUT2D eigenvalue weighted by Crippen LogP contribution is 2.11. The summed E-state index contributed by atoms with van der Waals surface area (Å²) < 4.78 is 4.20. The lowest BCUT2D eigenvalue weighted by Crippen LogP contribution is -2.49. The maximum Gasteiger partial charge on any atom is 0.332 e. The summed E-state index contributed by atoms with van der Waals surface area (Å²) in [4.78, 5) is 41.2. The minimum atomic E-state index is -0.391. The van der Waals surface area contributed by atoms with E-state index >= 15 is 0 Å². The van der Waals surface area contributed by atoms with Crippen LogP contribution in [-0.2, 0) is 25.4 Å². The highest BCUT2D eigenvalue weighted by Gasteiger charge is 2.22. The largest absolute Gasteiger partial charge is 0.339 e. The molecule has 0 unspecified atom stereocenters. The Balaban J connectivity index is 1.81. The number of aromatic nitrogens is 3. The molecule has 2 aromatic heterocycles. The molecule has 0 radical (unpaired) electrons. The highest BCUT2D eigenvalue weighted by molar-refractivity contribution is 5.80. The van der Waals surface area contributed by atoms with Crippen molar-refractivity contribution < 1.29 is 4.79 Å². The van der Waals surface area contributed by atoms with Gasteiger partial charge in [-0.05, 0) is 19.0 Å². The van der Waals surface area contributed by atoms with Crippen molar-refractivity contribution in [3.05, 3.63) is 33.1 Å². The lowest BCUT2D eigenvalue weighted by Gasteiger charge is -2.34. The molecule has 0 atom stereocenters. The monoisotopic (exact) mass is 347 g/mol. The molecule has 136 valence electrons. The average Bonchev–Trinajstić information content (AvgIpc) is 3.02. The summed E-state index contributed by atoms with van der Waals surface area (Å²) >= 11 is 0. The van der Waals surface area contributed by atoms with Crippen LogP contribution in [0.2, 0.25) is 0 Å². The van der Waals surface area contributed by atoms with Gasteiger partial charge in [0.25, 0.3) is 5.56 Å². The van der Waals surface area contributed by atoms with Crippen molar-refractivity contribution in [1.82, 2.24) is 23.5 Å². The van der Waals surface area contributed by atoms with Gasteiger partial charge in [-0.3, -0.25) is 23.6 Å². The molecule has 2 aromatic rings. The zero-order valence-electron chi connectivity index (χ0n) is 15.1. The lowest BCUT2D eigenvalue weighted by molar-refractivity contribution is -0.133. The Morgan fingerprint density at radius 3 is 2.40 bits per heavy atom. The molecule has 25 heavy (non-hydrogen) atoms. The second-order valence-corrected chi connectivity index (χ2v) is 6.61. The fourth-order valence-electron chi connectivity index (χ4n) is 3.50. The summed E-state index contributed by atoms with van der Waals surface area (Å²) in [6, 6.07) is 1.67. The Labute approximate surface area is 145 Å². The Bertz CT molecular complexity index is 899. The second-order valence-electron chi connectivity index (χ2n) is 6.61. The fraction of sp³-hybridized carbons (Fsp3) is 0.588.